The van der Waals surface area contributed by atoms with Crippen molar-refractivity contribution in [1.82, 2.24) is 9.97 Å². The molecule has 0 aliphatic carbocycles. The van der Waals surface area contributed by atoms with Crippen molar-refractivity contribution >= 4 is 25.4 Å². The number of aryl methyl sites for hydroxylation is 1. The normalized spacial score (nSPS) is 11.3. The first-order valence-electron chi connectivity index (χ1n) is 7.87. The minimum Gasteiger partial charge on any atom is -0.460 e. The second-order valence-corrected chi connectivity index (χ2v) is 6.39. The van der Waals surface area contributed by atoms with E-state index in [9.17, 15) is 4.79 Å². The number of aromatic amines is 1. The maximum Gasteiger partial charge on any atom is 0.374 e. The van der Waals surface area contributed by atoms with Crippen LogP contribution >= 0.6 is 8.38 Å². The molecule has 1 aromatic carbocycles. The van der Waals surface area contributed by atoms with Crippen LogP contribution in [0.2, 0.25) is 0 Å². The first kappa shape index (κ1) is 17.9. The van der Waals surface area contributed by atoms with Crippen molar-refractivity contribution in [3.63, 3.8) is 0 Å². The van der Waals surface area contributed by atoms with Gasteiger partial charge in [0, 0.05) is 6.16 Å². The number of benzene rings is 1. The Morgan fingerprint density at radius 3 is 2.57 bits per heavy atom. The number of aromatic nitrogens is 2. The summed E-state index contributed by atoms with van der Waals surface area (Å²) in [6.45, 7) is 7.32. The second-order valence-electron chi connectivity index (χ2n) is 4.76. The molecule has 0 unspecified atom stereocenters. The number of ether oxygens (including phenoxy) is 1. The Labute approximate surface area is 137 Å². The maximum absolute atomic E-state index is 11.8. The standard InChI is InChI=1S/C16H23N2O4P/c1-4-20-16(19)15-17-13-9-7-8-12(14(13)18-15)10-11-23(21-5-2)22-6-3/h7-9H,4-6,10-11H2,1-3H3,(H,17,18). The Morgan fingerprint density at radius 2 is 1.91 bits per heavy atom. The molecule has 0 spiro atoms. The molecule has 126 valence electrons. The van der Waals surface area contributed by atoms with Gasteiger partial charge in [0.1, 0.15) is 0 Å². The van der Waals surface area contributed by atoms with Gasteiger partial charge in [-0.05, 0) is 38.8 Å². The lowest BCUT2D eigenvalue weighted by molar-refractivity contribution is 0.0513. The fraction of sp³-hybridized carbons (Fsp3) is 0.500. The number of hydrogen-bond acceptors (Lipinski definition) is 5. The van der Waals surface area contributed by atoms with Gasteiger partial charge in [-0.2, -0.15) is 0 Å². The Balaban J connectivity index is 2.15. The van der Waals surface area contributed by atoms with Gasteiger partial charge in [-0.3, -0.25) is 0 Å². The zero-order valence-electron chi connectivity index (χ0n) is 13.8. The van der Waals surface area contributed by atoms with Crippen molar-refractivity contribution < 1.29 is 18.6 Å². The molecule has 7 heteroatoms. The minimum absolute atomic E-state index is 0.242. The summed E-state index contributed by atoms with van der Waals surface area (Å²) in [5.41, 5.74) is 2.71. The summed E-state index contributed by atoms with van der Waals surface area (Å²) in [6.07, 6.45) is 1.59. The number of imidazole rings is 1. The average Bonchev–Trinajstić information content (AvgIpc) is 2.98. The summed E-state index contributed by atoms with van der Waals surface area (Å²) in [4.78, 5) is 19.2. The molecule has 1 heterocycles. The highest BCUT2D eigenvalue weighted by atomic mass is 31.2. The topological polar surface area (TPSA) is 73.4 Å². The van der Waals surface area contributed by atoms with Gasteiger partial charge < -0.3 is 18.8 Å². The number of rotatable bonds is 9. The first-order chi connectivity index (χ1) is 11.2. The minimum atomic E-state index is -0.881. The average molecular weight is 338 g/mol. The maximum atomic E-state index is 11.8. The van der Waals surface area contributed by atoms with E-state index in [0.717, 1.165) is 29.2 Å². The number of hydrogen-bond donors (Lipinski definition) is 1. The van der Waals surface area contributed by atoms with Gasteiger partial charge in [0.2, 0.25) is 5.82 Å². The highest BCUT2D eigenvalue weighted by Crippen LogP contribution is 2.38. The van der Waals surface area contributed by atoms with E-state index in [-0.39, 0.29) is 5.82 Å². The number of fused-ring (bicyclic) bond motifs is 1. The SMILES string of the molecule is CCOC(=O)c1nc2c(CCP(OCC)OCC)cccc2[nH]1. The van der Waals surface area contributed by atoms with Crippen LogP contribution in [0, 0.1) is 0 Å². The van der Waals surface area contributed by atoms with E-state index in [4.69, 9.17) is 13.8 Å². The molecule has 0 saturated carbocycles. The molecule has 0 aliphatic rings. The van der Waals surface area contributed by atoms with E-state index in [0.29, 0.717) is 19.8 Å². The van der Waals surface area contributed by atoms with Crippen LogP contribution in [-0.2, 0) is 20.2 Å². The van der Waals surface area contributed by atoms with E-state index in [2.05, 4.69) is 9.97 Å². The quantitative estimate of drug-likeness (QED) is 0.558. The predicted molar refractivity (Wildman–Crippen MR) is 90.8 cm³/mol. The van der Waals surface area contributed by atoms with Gasteiger partial charge in [-0.25, -0.2) is 9.78 Å². The Hall–Kier alpha value is -1.49. The highest BCUT2D eigenvalue weighted by molar-refractivity contribution is 7.47. The summed E-state index contributed by atoms with van der Waals surface area (Å²) >= 11 is 0. The molecule has 0 saturated heterocycles. The first-order valence-corrected chi connectivity index (χ1v) is 9.23. The number of H-pyrrole nitrogens is 1. The van der Waals surface area contributed by atoms with Gasteiger partial charge in [-0.15, -0.1) is 0 Å². The molecule has 0 bridgehead atoms. The lowest BCUT2D eigenvalue weighted by Crippen LogP contribution is -2.06. The smallest absolute Gasteiger partial charge is 0.374 e. The summed E-state index contributed by atoms with van der Waals surface area (Å²) in [5.74, 6) is -0.188. The van der Waals surface area contributed by atoms with Gasteiger partial charge in [-0.1, -0.05) is 12.1 Å². The van der Waals surface area contributed by atoms with Crippen molar-refractivity contribution in [3.8, 4) is 0 Å². The number of nitrogens with zero attached hydrogens (tertiary/aromatic N) is 1. The van der Waals surface area contributed by atoms with Crippen molar-refractivity contribution in [3.05, 3.63) is 29.6 Å². The molecular weight excluding hydrogens is 315 g/mol. The van der Waals surface area contributed by atoms with Crippen molar-refractivity contribution in [2.75, 3.05) is 26.0 Å². The van der Waals surface area contributed by atoms with Crippen LogP contribution in [0.1, 0.15) is 37.0 Å². The number of esters is 1. The van der Waals surface area contributed by atoms with Gasteiger partial charge in [0.25, 0.3) is 0 Å². The fourth-order valence-electron chi connectivity index (χ4n) is 2.26. The van der Waals surface area contributed by atoms with Crippen LogP contribution < -0.4 is 0 Å². The fourth-order valence-corrected chi connectivity index (χ4v) is 3.59. The van der Waals surface area contributed by atoms with E-state index < -0.39 is 14.3 Å². The van der Waals surface area contributed by atoms with Crippen LogP contribution in [0.4, 0.5) is 0 Å². The number of carbonyl (C=O) groups is 1. The van der Waals surface area contributed by atoms with E-state index >= 15 is 0 Å². The summed E-state index contributed by atoms with van der Waals surface area (Å²) < 4.78 is 16.3. The second kappa shape index (κ2) is 8.96. The Morgan fingerprint density at radius 1 is 1.17 bits per heavy atom. The highest BCUT2D eigenvalue weighted by Gasteiger charge is 2.16. The molecule has 6 nitrogen and oxygen atoms in total. The van der Waals surface area contributed by atoms with E-state index in [1.807, 2.05) is 32.0 Å². The van der Waals surface area contributed by atoms with Crippen molar-refractivity contribution in [1.29, 1.82) is 0 Å². The molecular formula is C16H23N2O4P. The van der Waals surface area contributed by atoms with Gasteiger partial charge in [0.05, 0.1) is 30.9 Å². The molecule has 0 atom stereocenters. The number of carbonyl (C=O) groups excluding carboxylic acids is 1. The lowest BCUT2D eigenvalue weighted by atomic mass is 10.1. The lowest BCUT2D eigenvalue weighted by Gasteiger charge is -2.15. The van der Waals surface area contributed by atoms with Crippen molar-refractivity contribution in [2.45, 2.75) is 27.2 Å². The van der Waals surface area contributed by atoms with Gasteiger partial charge in [0.15, 0.2) is 8.38 Å². The molecule has 23 heavy (non-hydrogen) atoms. The summed E-state index contributed by atoms with van der Waals surface area (Å²) in [5, 5.41) is 0. The van der Waals surface area contributed by atoms with E-state index in [1.165, 1.54) is 0 Å². The molecule has 2 rings (SSSR count). The van der Waals surface area contributed by atoms with Crippen LogP contribution in [-0.4, -0.2) is 41.9 Å². The molecule has 0 amide bonds. The summed E-state index contributed by atoms with van der Waals surface area (Å²) in [7, 11) is -0.881. The van der Waals surface area contributed by atoms with Crippen molar-refractivity contribution in [2.24, 2.45) is 0 Å². The monoisotopic (exact) mass is 338 g/mol. The molecule has 0 fully saturated rings. The number of nitrogens with one attached hydrogen (secondary N) is 1. The Bertz CT molecular complexity index is 638. The van der Waals surface area contributed by atoms with Crippen LogP contribution in [0.15, 0.2) is 18.2 Å². The van der Waals surface area contributed by atoms with Gasteiger partial charge >= 0.3 is 5.97 Å². The zero-order chi connectivity index (χ0) is 16.7. The predicted octanol–water partition coefficient (Wildman–Crippen LogP) is 3.67. The van der Waals surface area contributed by atoms with Crippen LogP contribution in [0.25, 0.3) is 11.0 Å². The molecule has 1 N–H and O–H groups in total. The summed E-state index contributed by atoms with van der Waals surface area (Å²) in [6, 6.07) is 5.88. The van der Waals surface area contributed by atoms with Crippen LogP contribution in [0.3, 0.4) is 0 Å². The van der Waals surface area contributed by atoms with E-state index in [1.54, 1.807) is 6.92 Å². The Kier molecular flexibility index (Phi) is 6.96. The molecule has 2 aromatic rings. The molecule has 0 radical (unpaired) electrons. The zero-order valence-corrected chi connectivity index (χ0v) is 14.7. The largest absolute Gasteiger partial charge is 0.460 e. The third kappa shape index (κ3) is 4.74. The molecule has 1 aromatic heterocycles. The third-order valence-corrected chi connectivity index (χ3v) is 4.86. The van der Waals surface area contributed by atoms with Crippen LogP contribution in [0.5, 0.6) is 0 Å². The third-order valence-electron chi connectivity index (χ3n) is 3.17. The number of para-hydroxylation sites is 1. The molecule has 0 aliphatic heterocycles.